The number of amides is 1. The number of rotatable bonds is 4. The van der Waals surface area contributed by atoms with Gasteiger partial charge in [-0.05, 0) is 36.8 Å². The molecule has 0 saturated heterocycles. The second kappa shape index (κ2) is 6.00. The zero-order valence-corrected chi connectivity index (χ0v) is 11.6. The molecule has 0 aliphatic carbocycles. The Morgan fingerprint density at radius 1 is 1.29 bits per heavy atom. The van der Waals surface area contributed by atoms with Gasteiger partial charge in [0, 0.05) is 25.0 Å². The summed E-state index contributed by atoms with van der Waals surface area (Å²) in [5, 5.41) is 16.4. The van der Waals surface area contributed by atoms with Crippen molar-refractivity contribution >= 4 is 23.1 Å². The SMILES string of the molecule is CNc1ccc([N+](=O)[O-])c(C(=O)Nc2cc(C)ccn2)c1. The molecule has 1 aromatic carbocycles. The summed E-state index contributed by atoms with van der Waals surface area (Å²) < 4.78 is 0. The van der Waals surface area contributed by atoms with Gasteiger partial charge in [0.05, 0.1) is 4.92 Å². The van der Waals surface area contributed by atoms with Crippen molar-refractivity contribution in [2.75, 3.05) is 17.7 Å². The summed E-state index contributed by atoms with van der Waals surface area (Å²) >= 11 is 0. The lowest BCUT2D eigenvalue weighted by atomic mass is 10.1. The van der Waals surface area contributed by atoms with Crippen molar-refractivity contribution in [1.82, 2.24) is 4.98 Å². The molecule has 0 atom stereocenters. The first-order valence-electron chi connectivity index (χ1n) is 6.21. The van der Waals surface area contributed by atoms with Crippen LogP contribution in [0.4, 0.5) is 17.2 Å². The molecule has 0 fully saturated rings. The summed E-state index contributed by atoms with van der Waals surface area (Å²) in [7, 11) is 1.67. The summed E-state index contributed by atoms with van der Waals surface area (Å²) in [5.74, 6) is -0.221. The van der Waals surface area contributed by atoms with E-state index >= 15 is 0 Å². The number of pyridine rings is 1. The van der Waals surface area contributed by atoms with Crippen molar-refractivity contribution in [2.24, 2.45) is 0 Å². The van der Waals surface area contributed by atoms with E-state index in [1.165, 1.54) is 12.1 Å². The normalized spacial score (nSPS) is 10.0. The van der Waals surface area contributed by atoms with E-state index in [1.54, 1.807) is 31.4 Å². The van der Waals surface area contributed by atoms with Gasteiger partial charge in [0.25, 0.3) is 11.6 Å². The second-order valence-corrected chi connectivity index (χ2v) is 4.41. The smallest absolute Gasteiger partial charge is 0.282 e. The minimum atomic E-state index is -0.585. The Bertz CT molecular complexity index is 700. The molecule has 0 aliphatic heterocycles. The minimum absolute atomic E-state index is 0.0184. The van der Waals surface area contributed by atoms with Gasteiger partial charge in [0.2, 0.25) is 0 Å². The molecule has 1 heterocycles. The molecule has 0 aliphatic rings. The highest BCUT2D eigenvalue weighted by molar-refractivity contribution is 6.07. The average molecular weight is 286 g/mol. The van der Waals surface area contributed by atoms with E-state index in [-0.39, 0.29) is 11.3 Å². The summed E-state index contributed by atoms with van der Waals surface area (Å²) in [5.41, 5.74) is 1.27. The molecule has 21 heavy (non-hydrogen) atoms. The first-order valence-corrected chi connectivity index (χ1v) is 6.21. The number of nitrogens with zero attached hydrogens (tertiary/aromatic N) is 2. The van der Waals surface area contributed by atoms with Crippen LogP contribution in [-0.2, 0) is 0 Å². The Balaban J connectivity index is 2.35. The van der Waals surface area contributed by atoms with Crippen LogP contribution < -0.4 is 10.6 Å². The highest BCUT2D eigenvalue weighted by Gasteiger charge is 2.21. The molecule has 0 spiro atoms. The lowest BCUT2D eigenvalue weighted by Crippen LogP contribution is -2.15. The maximum absolute atomic E-state index is 12.2. The van der Waals surface area contributed by atoms with Crippen molar-refractivity contribution in [3.8, 4) is 0 Å². The molecule has 0 radical (unpaired) electrons. The lowest BCUT2D eigenvalue weighted by molar-refractivity contribution is -0.385. The standard InChI is InChI=1S/C14H14N4O3/c1-9-5-6-16-13(7-9)17-14(19)11-8-10(15-2)3-4-12(11)18(20)21/h3-8,15H,1-2H3,(H,16,17,19). The van der Waals surface area contributed by atoms with Crippen molar-refractivity contribution in [3.63, 3.8) is 0 Å². The molecule has 2 aromatic rings. The molecule has 1 aromatic heterocycles. The first-order chi connectivity index (χ1) is 10.0. The summed E-state index contributed by atoms with van der Waals surface area (Å²) in [4.78, 5) is 26.7. The predicted octanol–water partition coefficient (Wildman–Crippen LogP) is 2.59. The van der Waals surface area contributed by atoms with Gasteiger partial charge in [0.15, 0.2) is 0 Å². The Morgan fingerprint density at radius 3 is 2.67 bits per heavy atom. The fourth-order valence-electron chi connectivity index (χ4n) is 1.82. The van der Waals surface area contributed by atoms with Crippen LogP contribution in [-0.4, -0.2) is 22.9 Å². The summed E-state index contributed by atoms with van der Waals surface area (Å²) in [6.07, 6.45) is 1.56. The predicted molar refractivity (Wildman–Crippen MR) is 79.6 cm³/mol. The summed E-state index contributed by atoms with van der Waals surface area (Å²) in [6, 6.07) is 7.75. The largest absolute Gasteiger partial charge is 0.388 e. The monoisotopic (exact) mass is 286 g/mol. The molecule has 0 saturated carbocycles. The molecular weight excluding hydrogens is 272 g/mol. The number of hydrogen-bond donors (Lipinski definition) is 2. The van der Waals surface area contributed by atoms with Crippen molar-refractivity contribution in [1.29, 1.82) is 0 Å². The number of aromatic nitrogens is 1. The lowest BCUT2D eigenvalue weighted by Gasteiger charge is -2.07. The third kappa shape index (κ3) is 3.33. The number of hydrogen-bond acceptors (Lipinski definition) is 5. The molecule has 2 rings (SSSR count). The molecule has 0 unspecified atom stereocenters. The number of aryl methyl sites for hydroxylation is 1. The fraction of sp³-hybridized carbons (Fsp3) is 0.143. The van der Waals surface area contributed by atoms with Gasteiger partial charge in [-0.15, -0.1) is 0 Å². The van der Waals surface area contributed by atoms with Crippen LogP contribution >= 0.6 is 0 Å². The second-order valence-electron chi connectivity index (χ2n) is 4.41. The number of benzene rings is 1. The summed E-state index contributed by atoms with van der Waals surface area (Å²) in [6.45, 7) is 1.86. The first kappa shape index (κ1) is 14.4. The topological polar surface area (TPSA) is 97.2 Å². The van der Waals surface area contributed by atoms with Gasteiger partial charge in [0.1, 0.15) is 11.4 Å². The van der Waals surface area contributed by atoms with Crippen LogP contribution in [0.2, 0.25) is 0 Å². The molecule has 1 amide bonds. The molecule has 108 valence electrons. The van der Waals surface area contributed by atoms with Gasteiger partial charge in [-0.25, -0.2) is 4.98 Å². The fourth-order valence-corrected chi connectivity index (χ4v) is 1.82. The van der Waals surface area contributed by atoms with Crippen LogP contribution in [0.3, 0.4) is 0 Å². The number of nitro groups is 1. The molecule has 0 bridgehead atoms. The van der Waals surface area contributed by atoms with E-state index in [2.05, 4.69) is 15.6 Å². The van der Waals surface area contributed by atoms with Gasteiger partial charge in [-0.1, -0.05) is 0 Å². The van der Waals surface area contributed by atoms with Crippen LogP contribution in [0, 0.1) is 17.0 Å². The molecule has 7 nitrogen and oxygen atoms in total. The van der Waals surface area contributed by atoms with E-state index in [1.807, 2.05) is 6.92 Å². The van der Waals surface area contributed by atoms with Gasteiger partial charge in [-0.3, -0.25) is 14.9 Å². The molecule has 7 heteroatoms. The van der Waals surface area contributed by atoms with E-state index in [0.29, 0.717) is 11.5 Å². The minimum Gasteiger partial charge on any atom is -0.388 e. The third-order valence-electron chi connectivity index (χ3n) is 2.88. The number of carbonyl (C=O) groups is 1. The van der Waals surface area contributed by atoms with Gasteiger partial charge < -0.3 is 10.6 Å². The van der Waals surface area contributed by atoms with Crippen molar-refractivity contribution in [2.45, 2.75) is 6.92 Å². The van der Waals surface area contributed by atoms with E-state index < -0.39 is 10.8 Å². The Hall–Kier alpha value is -2.96. The van der Waals surface area contributed by atoms with E-state index in [0.717, 1.165) is 5.56 Å². The quantitative estimate of drug-likeness (QED) is 0.665. The maximum atomic E-state index is 12.2. The molecular formula is C14H14N4O3. The van der Waals surface area contributed by atoms with Crippen LogP contribution in [0.5, 0.6) is 0 Å². The Morgan fingerprint density at radius 2 is 2.05 bits per heavy atom. The van der Waals surface area contributed by atoms with Crippen LogP contribution in [0.1, 0.15) is 15.9 Å². The molecule has 2 N–H and O–H groups in total. The van der Waals surface area contributed by atoms with Crippen molar-refractivity contribution < 1.29 is 9.72 Å². The number of carbonyl (C=O) groups excluding carboxylic acids is 1. The highest BCUT2D eigenvalue weighted by Crippen LogP contribution is 2.23. The van der Waals surface area contributed by atoms with Crippen molar-refractivity contribution in [3.05, 3.63) is 57.8 Å². The van der Waals surface area contributed by atoms with Gasteiger partial charge >= 0.3 is 0 Å². The Kier molecular flexibility index (Phi) is 4.13. The maximum Gasteiger partial charge on any atom is 0.282 e. The van der Waals surface area contributed by atoms with Crippen LogP contribution in [0.25, 0.3) is 0 Å². The highest BCUT2D eigenvalue weighted by atomic mass is 16.6. The zero-order chi connectivity index (χ0) is 15.4. The average Bonchev–Trinajstić information content (AvgIpc) is 2.46. The third-order valence-corrected chi connectivity index (χ3v) is 2.88. The van der Waals surface area contributed by atoms with E-state index in [4.69, 9.17) is 0 Å². The van der Waals surface area contributed by atoms with E-state index in [9.17, 15) is 14.9 Å². The zero-order valence-electron chi connectivity index (χ0n) is 11.6. The Labute approximate surface area is 121 Å². The number of nitrogens with one attached hydrogen (secondary N) is 2. The number of anilines is 2. The number of nitro benzene ring substituents is 1. The van der Waals surface area contributed by atoms with Gasteiger partial charge in [-0.2, -0.15) is 0 Å². The van der Waals surface area contributed by atoms with Crippen LogP contribution in [0.15, 0.2) is 36.5 Å².